The molecule has 0 amide bonds. The van der Waals surface area contributed by atoms with Crippen LogP contribution in [0.25, 0.3) is 14.6 Å². The summed E-state index contributed by atoms with van der Waals surface area (Å²) in [6, 6.07) is 0. The van der Waals surface area contributed by atoms with Gasteiger partial charge in [0.05, 0.1) is 18.8 Å². The largest absolute Gasteiger partial charge is 3.00 e. The molecule has 0 atom stereocenters. The Morgan fingerprint density at radius 1 is 0.690 bits per heavy atom. The average Bonchev–Trinajstić information content (AvgIpc) is 3.10. The van der Waals surface area contributed by atoms with Crippen LogP contribution < -0.4 is 56.0 Å². The number of ether oxygens (including phenoxy) is 2. The standard InChI is InChI=1S/C13H23N3.2C6H18NSi2.C4H10O2.K.Y/c1-12(2,3)14-7-8-15-9-10-16(11-15)13(4,5)6;2*1-8(2,3)7-9(4,5)6;1-5-3-4-6-2;;/h10H,7-8H2,1-6H3;2*1-6H3;3-4H2,1-2H3;;/q-2;2*-1;;+1;+3. The Kier molecular flexibility index (Phi) is 31.8. The van der Waals surface area contributed by atoms with Gasteiger partial charge in [0.1, 0.15) is 0 Å². The Morgan fingerprint density at radius 2 is 1.02 bits per heavy atom. The number of nitrogens with zero attached hydrogens (tertiary/aromatic N) is 5. The number of imidazole rings is 1. The fourth-order valence-corrected chi connectivity index (χ4v) is 19.5. The molecule has 0 N–H and O–H groups in total. The van der Waals surface area contributed by atoms with Crippen molar-refractivity contribution in [3.8, 4) is 0 Å². The van der Waals surface area contributed by atoms with Crippen LogP contribution in [0, 0.1) is 12.5 Å². The molecule has 0 aliphatic rings. The number of methoxy groups -OCH3 is 2. The van der Waals surface area contributed by atoms with E-state index in [0.717, 1.165) is 13.1 Å². The summed E-state index contributed by atoms with van der Waals surface area (Å²) in [4.78, 5) is 0. The molecule has 7 nitrogen and oxygen atoms in total. The summed E-state index contributed by atoms with van der Waals surface area (Å²) in [5.74, 6) is 0. The number of hydrogen-bond acceptors (Lipinski definition) is 2. The topological polar surface area (TPSA) is 69.6 Å². The fourth-order valence-electron chi connectivity index (χ4n) is 3.44. The third kappa shape index (κ3) is 47.0. The third-order valence-electron chi connectivity index (χ3n) is 4.04. The quantitative estimate of drug-likeness (QED) is 0.134. The molecule has 0 saturated carbocycles. The van der Waals surface area contributed by atoms with Gasteiger partial charge in [0.15, 0.2) is 0 Å². The van der Waals surface area contributed by atoms with Crippen molar-refractivity contribution in [1.82, 2.24) is 4.57 Å². The summed E-state index contributed by atoms with van der Waals surface area (Å²) in [5, 5.41) is 4.55. The summed E-state index contributed by atoms with van der Waals surface area (Å²) in [6.45, 7) is 43.4. The van der Waals surface area contributed by atoms with Crippen LogP contribution in [0.2, 0.25) is 78.6 Å². The summed E-state index contributed by atoms with van der Waals surface area (Å²) in [5.41, 5.74) is 0.121. The van der Waals surface area contributed by atoms with Crippen molar-refractivity contribution in [2.75, 3.05) is 34.0 Å². The van der Waals surface area contributed by atoms with Gasteiger partial charge in [0.25, 0.3) is 0 Å². The van der Waals surface area contributed by atoms with Crippen LogP contribution in [0.5, 0.6) is 0 Å². The van der Waals surface area contributed by atoms with Crippen molar-refractivity contribution in [2.24, 2.45) is 0 Å². The van der Waals surface area contributed by atoms with Crippen molar-refractivity contribution in [3.05, 3.63) is 33.3 Å². The molecule has 13 heteroatoms. The molecule has 0 saturated heterocycles. The van der Waals surface area contributed by atoms with Crippen LogP contribution in [0.4, 0.5) is 0 Å². The molecule has 242 valence electrons. The summed E-state index contributed by atoms with van der Waals surface area (Å²) < 4.78 is 22.9. The molecule has 42 heavy (non-hydrogen) atoms. The Balaban J connectivity index is -0.000000153. The Labute approximate surface area is 336 Å². The summed E-state index contributed by atoms with van der Waals surface area (Å²) in [6.07, 6.45) is 8.36. The monoisotopic (exact) mass is 759 g/mol. The molecule has 1 aromatic rings. The summed E-state index contributed by atoms with van der Waals surface area (Å²) in [7, 11) is -1.12. The maximum atomic E-state index is 4.82. The van der Waals surface area contributed by atoms with Crippen LogP contribution >= 0.6 is 0 Å². The maximum absolute atomic E-state index is 4.82. The first-order valence-corrected chi connectivity index (χ1v) is 28.4. The van der Waals surface area contributed by atoms with Crippen LogP contribution in [0.15, 0.2) is 6.20 Å². The Bertz CT molecular complexity index is 709. The van der Waals surface area contributed by atoms with E-state index in [1.807, 2.05) is 15.3 Å². The number of hydrogen-bond donors (Lipinski definition) is 0. The van der Waals surface area contributed by atoms with E-state index in [4.69, 9.17) is 9.30 Å². The Morgan fingerprint density at radius 3 is 1.21 bits per heavy atom. The second kappa shape index (κ2) is 24.7. The predicted molar refractivity (Wildman–Crippen MR) is 189 cm³/mol. The van der Waals surface area contributed by atoms with Gasteiger partial charge in [-0.2, -0.15) is 0 Å². The van der Waals surface area contributed by atoms with Crippen molar-refractivity contribution in [3.63, 3.8) is 0 Å². The SMILES string of the molecule is CC(C)(C)[N-]CC[n+]1[c-]cn(C(C)(C)C)[c-]1.COCCOC.C[Si](C)(C)[N-][Si](C)(C)C.C[Si](C)(C)[N-][Si](C)(C)C.[K+].[Y+3]. The molecule has 0 aliphatic heterocycles. The second-order valence-electron chi connectivity index (χ2n) is 16.0. The van der Waals surface area contributed by atoms with Crippen LogP contribution in [0.1, 0.15) is 41.5 Å². The molecule has 1 rings (SSSR count). The normalized spacial score (nSPS) is 12.3. The van der Waals surface area contributed by atoms with E-state index in [2.05, 4.69) is 147 Å². The molecule has 0 aromatic carbocycles. The van der Waals surface area contributed by atoms with Gasteiger partial charge in [-0.05, 0) is 20.8 Å². The van der Waals surface area contributed by atoms with E-state index in [9.17, 15) is 0 Å². The van der Waals surface area contributed by atoms with E-state index in [-0.39, 0.29) is 95.2 Å². The van der Waals surface area contributed by atoms with Gasteiger partial charge in [-0.25, -0.2) is 0 Å². The van der Waals surface area contributed by atoms with Gasteiger partial charge < -0.3 is 33.2 Å². The molecule has 0 unspecified atom stereocenters. The van der Waals surface area contributed by atoms with E-state index in [1.165, 1.54) is 0 Å². The molecular weight excluding hydrogens is 691 g/mol. The third-order valence-corrected chi connectivity index (χ3v) is 14.8. The van der Waals surface area contributed by atoms with Gasteiger partial charge in [0, 0.05) is 20.8 Å². The van der Waals surface area contributed by atoms with Gasteiger partial charge in [-0.15, -0.1) is 18.4 Å². The molecule has 0 spiro atoms. The minimum Gasteiger partial charge on any atom is -0.668 e. The van der Waals surface area contributed by atoms with Crippen molar-refractivity contribution in [2.45, 2.75) is 138 Å². The van der Waals surface area contributed by atoms with Crippen LogP contribution in [-0.4, -0.2) is 77.0 Å². The van der Waals surface area contributed by atoms with Crippen LogP contribution in [0.3, 0.4) is 0 Å². The van der Waals surface area contributed by atoms with E-state index >= 15 is 0 Å². The minimum absolute atomic E-state index is 0. The molecule has 1 aromatic heterocycles. The zero-order valence-electron chi connectivity index (χ0n) is 32.0. The van der Waals surface area contributed by atoms with Crippen LogP contribution in [-0.2, 0) is 54.3 Å². The first-order chi connectivity index (χ1) is 17.5. The van der Waals surface area contributed by atoms with Crippen molar-refractivity contribution >= 4 is 32.9 Å². The average molecular weight is 760 g/mol. The zero-order valence-corrected chi connectivity index (χ0v) is 42.0. The maximum Gasteiger partial charge on any atom is 3.00 e. The molecule has 0 fully saturated rings. The molecule has 0 aliphatic carbocycles. The van der Waals surface area contributed by atoms with Gasteiger partial charge in [-0.1, -0.05) is 138 Å². The van der Waals surface area contributed by atoms with Gasteiger partial charge in [-0.3, -0.25) is 6.20 Å². The smallest absolute Gasteiger partial charge is 0.668 e. The first-order valence-electron chi connectivity index (χ1n) is 14.6. The minimum atomic E-state index is -1.11. The molecule has 1 heterocycles. The molecule has 0 radical (unpaired) electrons. The first kappa shape index (κ1) is 54.1. The van der Waals surface area contributed by atoms with Crippen molar-refractivity contribution < 1.29 is 98.1 Å². The van der Waals surface area contributed by atoms with Gasteiger partial charge >= 0.3 is 84.1 Å². The Hall–Kier alpha value is 2.62. The zero-order chi connectivity index (χ0) is 32.6. The van der Waals surface area contributed by atoms with E-state index in [1.54, 1.807) is 14.2 Å². The fraction of sp³-hybridized carbons (Fsp3) is 0.897. The second-order valence-corrected chi connectivity index (χ2v) is 35.2. The predicted octanol–water partition coefficient (Wildman–Crippen LogP) is 5.64. The molecule has 0 bridgehead atoms. The van der Waals surface area contributed by atoms with E-state index in [0.29, 0.717) is 13.2 Å². The van der Waals surface area contributed by atoms with E-state index < -0.39 is 32.9 Å². The van der Waals surface area contributed by atoms with Gasteiger partial charge in [0.2, 0.25) is 0 Å². The summed E-state index contributed by atoms with van der Waals surface area (Å²) >= 11 is 0. The molecular formula is C29H69KN5O2Si4Y. The number of aromatic nitrogens is 2. The number of rotatable bonds is 10. The van der Waals surface area contributed by atoms with Crippen molar-refractivity contribution in [1.29, 1.82) is 0 Å².